The zero-order valence-electron chi connectivity index (χ0n) is 16.3. The molecule has 0 bridgehead atoms. The van der Waals surface area contributed by atoms with Crippen LogP contribution >= 0.6 is 12.2 Å². The fraction of sp³-hybridized carbons (Fsp3) is 0.130. The first-order chi connectivity index (χ1) is 14.0. The van der Waals surface area contributed by atoms with Crippen molar-refractivity contribution >= 4 is 28.9 Å². The van der Waals surface area contributed by atoms with Crippen LogP contribution in [0.5, 0.6) is 11.5 Å². The Morgan fingerprint density at radius 3 is 2.41 bits per heavy atom. The van der Waals surface area contributed by atoms with Crippen molar-refractivity contribution < 1.29 is 14.3 Å². The Morgan fingerprint density at radius 2 is 1.69 bits per heavy atom. The molecule has 3 aromatic rings. The minimum Gasteiger partial charge on any atom is -0.497 e. The number of aryl methyl sites for hydroxylation is 1. The molecule has 148 valence electrons. The predicted octanol–water partition coefficient (Wildman–Crippen LogP) is 4.71. The molecule has 5 nitrogen and oxygen atoms in total. The number of rotatable bonds is 6. The molecule has 29 heavy (non-hydrogen) atoms. The summed E-state index contributed by atoms with van der Waals surface area (Å²) in [4.78, 5) is 12.7. The Hall–Kier alpha value is -3.38. The Morgan fingerprint density at radius 1 is 0.966 bits per heavy atom. The van der Waals surface area contributed by atoms with Crippen molar-refractivity contribution in [2.24, 2.45) is 0 Å². The second-order valence-electron chi connectivity index (χ2n) is 6.40. The van der Waals surface area contributed by atoms with Crippen LogP contribution in [0.3, 0.4) is 0 Å². The molecule has 0 saturated heterocycles. The average molecular weight is 407 g/mol. The van der Waals surface area contributed by atoms with Gasteiger partial charge in [0.05, 0.1) is 7.11 Å². The first-order valence-corrected chi connectivity index (χ1v) is 9.50. The van der Waals surface area contributed by atoms with E-state index in [1.54, 1.807) is 13.2 Å². The van der Waals surface area contributed by atoms with Gasteiger partial charge in [0.1, 0.15) is 18.1 Å². The van der Waals surface area contributed by atoms with Crippen molar-refractivity contribution in [1.29, 1.82) is 0 Å². The number of carbonyl (C=O) groups excluding carboxylic acids is 1. The maximum Gasteiger partial charge on any atom is 0.257 e. The summed E-state index contributed by atoms with van der Waals surface area (Å²) in [5.41, 5.74) is 3.20. The van der Waals surface area contributed by atoms with Crippen molar-refractivity contribution in [3.05, 3.63) is 89.5 Å². The van der Waals surface area contributed by atoms with Gasteiger partial charge >= 0.3 is 0 Å². The number of nitrogens with one attached hydrogen (secondary N) is 2. The average Bonchev–Trinajstić information content (AvgIpc) is 2.72. The van der Waals surface area contributed by atoms with Crippen molar-refractivity contribution in [3.8, 4) is 11.5 Å². The third-order valence-corrected chi connectivity index (χ3v) is 4.42. The smallest absolute Gasteiger partial charge is 0.257 e. The number of anilines is 1. The molecule has 0 saturated carbocycles. The van der Waals surface area contributed by atoms with E-state index in [1.807, 2.05) is 73.7 Å². The largest absolute Gasteiger partial charge is 0.497 e. The number of thiocarbonyl (C=S) groups is 1. The molecule has 2 N–H and O–H groups in total. The number of hydrogen-bond donors (Lipinski definition) is 2. The molecule has 0 spiro atoms. The molecule has 0 aliphatic carbocycles. The highest BCUT2D eigenvalue weighted by Gasteiger charge is 2.13. The van der Waals surface area contributed by atoms with Gasteiger partial charge in [0.2, 0.25) is 0 Å². The summed E-state index contributed by atoms with van der Waals surface area (Å²) in [6.45, 7) is 2.25. The monoisotopic (exact) mass is 406 g/mol. The molecule has 0 fully saturated rings. The summed E-state index contributed by atoms with van der Waals surface area (Å²) in [7, 11) is 1.61. The van der Waals surface area contributed by atoms with Crippen LogP contribution in [0, 0.1) is 6.92 Å². The molecule has 6 heteroatoms. The molecule has 0 radical (unpaired) electrons. The summed E-state index contributed by atoms with van der Waals surface area (Å²) in [6, 6.07) is 22.3. The van der Waals surface area contributed by atoms with Crippen molar-refractivity contribution in [3.63, 3.8) is 0 Å². The zero-order valence-corrected chi connectivity index (χ0v) is 17.1. The van der Waals surface area contributed by atoms with Crippen LogP contribution in [0.15, 0.2) is 72.8 Å². The van der Waals surface area contributed by atoms with E-state index >= 15 is 0 Å². The van der Waals surface area contributed by atoms with Crippen LogP contribution in [0.1, 0.15) is 21.5 Å². The van der Waals surface area contributed by atoms with Crippen LogP contribution in [0.25, 0.3) is 0 Å². The minimum absolute atomic E-state index is 0.242. The van der Waals surface area contributed by atoms with E-state index in [1.165, 1.54) is 0 Å². The highest BCUT2D eigenvalue weighted by atomic mass is 32.1. The van der Waals surface area contributed by atoms with Gasteiger partial charge in [-0.3, -0.25) is 10.1 Å². The van der Waals surface area contributed by atoms with Gasteiger partial charge in [-0.1, -0.05) is 30.3 Å². The van der Waals surface area contributed by atoms with E-state index in [9.17, 15) is 4.79 Å². The minimum atomic E-state index is -0.288. The predicted molar refractivity (Wildman–Crippen MR) is 119 cm³/mol. The number of benzene rings is 3. The summed E-state index contributed by atoms with van der Waals surface area (Å²) in [5.74, 6) is 1.16. The number of hydrogen-bond acceptors (Lipinski definition) is 4. The Labute approximate surface area is 175 Å². The molecule has 0 heterocycles. The summed E-state index contributed by atoms with van der Waals surface area (Å²) in [6.07, 6.45) is 0. The molecule has 0 aliphatic heterocycles. The third kappa shape index (κ3) is 5.80. The second kappa shape index (κ2) is 9.71. The van der Waals surface area contributed by atoms with Gasteiger partial charge < -0.3 is 14.8 Å². The highest BCUT2D eigenvalue weighted by molar-refractivity contribution is 7.80. The Bertz CT molecular complexity index is 1000. The molecule has 3 aromatic carbocycles. The molecule has 0 aromatic heterocycles. The first-order valence-electron chi connectivity index (χ1n) is 9.09. The SMILES string of the molecule is COc1ccc(OCc2ccccc2C(=O)NC(=S)Nc2cccc(C)c2)cc1. The molecule has 1 amide bonds. The van der Waals surface area contributed by atoms with Crippen LogP contribution in [0.4, 0.5) is 5.69 Å². The van der Waals surface area contributed by atoms with Crippen LogP contribution in [-0.2, 0) is 6.61 Å². The van der Waals surface area contributed by atoms with E-state index in [4.69, 9.17) is 21.7 Å². The normalized spacial score (nSPS) is 10.1. The van der Waals surface area contributed by atoms with Gasteiger partial charge in [0.15, 0.2) is 5.11 Å². The number of amides is 1. The Balaban J connectivity index is 1.63. The Kier molecular flexibility index (Phi) is 6.81. The molecule has 3 rings (SSSR count). The van der Waals surface area contributed by atoms with E-state index in [0.29, 0.717) is 11.3 Å². The summed E-state index contributed by atoms with van der Waals surface area (Å²) < 4.78 is 11.0. The number of carbonyl (C=O) groups is 1. The van der Waals surface area contributed by atoms with Gasteiger partial charge in [0, 0.05) is 16.8 Å². The van der Waals surface area contributed by atoms with E-state index in [0.717, 1.165) is 22.6 Å². The summed E-state index contributed by atoms with van der Waals surface area (Å²) >= 11 is 5.28. The molecule has 0 aliphatic rings. The fourth-order valence-corrected chi connectivity index (χ4v) is 2.97. The lowest BCUT2D eigenvalue weighted by Gasteiger charge is -2.13. The lowest BCUT2D eigenvalue weighted by atomic mass is 10.1. The van der Waals surface area contributed by atoms with E-state index in [2.05, 4.69) is 10.6 Å². The van der Waals surface area contributed by atoms with E-state index < -0.39 is 0 Å². The standard InChI is InChI=1S/C23H22N2O3S/c1-16-6-5-8-18(14-16)24-23(29)25-22(26)21-9-4-3-7-17(21)15-28-20-12-10-19(27-2)11-13-20/h3-14H,15H2,1-2H3,(H2,24,25,26,29). The maximum absolute atomic E-state index is 12.7. The lowest BCUT2D eigenvalue weighted by Crippen LogP contribution is -2.34. The van der Waals surface area contributed by atoms with Gasteiger partial charge in [-0.25, -0.2) is 0 Å². The van der Waals surface area contributed by atoms with Gasteiger partial charge in [-0.15, -0.1) is 0 Å². The molecule has 0 unspecified atom stereocenters. The summed E-state index contributed by atoms with van der Waals surface area (Å²) in [5, 5.41) is 6.00. The third-order valence-electron chi connectivity index (χ3n) is 4.22. The molecular formula is C23H22N2O3S. The fourth-order valence-electron chi connectivity index (χ4n) is 2.76. The molecule has 0 atom stereocenters. The van der Waals surface area contributed by atoms with E-state index in [-0.39, 0.29) is 17.6 Å². The van der Waals surface area contributed by atoms with Crippen molar-refractivity contribution in [2.75, 3.05) is 12.4 Å². The van der Waals surface area contributed by atoms with Gasteiger partial charge in [-0.05, 0) is 67.2 Å². The topological polar surface area (TPSA) is 59.6 Å². The number of methoxy groups -OCH3 is 1. The van der Waals surface area contributed by atoms with Crippen LogP contribution in [-0.4, -0.2) is 18.1 Å². The van der Waals surface area contributed by atoms with Crippen molar-refractivity contribution in [1.82, 2.24) is 5.32 Å². The second-order valence-corrected chi connectivity index (χ2v) is 6.81. The maximum atomic E-state index is 12.7. The van der Waals surface area contributed by atoms with Gasteiger partial charge in [-0.2, -0.15) is 0 Å². The molecular weight excluding hydrogens is 384 g/mol. The zero-order chi connectivity index (χ0) is 20.6. The first kappa shape index (κ1) is 20.4. The quantitative estimate of drug-likeness (QED) is 0.581. The highest BCUT2D eigenvalue weighted by Crippen LogP contribution is 2.19. The van der Waals surface area contributed by atoms with Crippen molar-refractivity contribution in [2.45, 2.75) is 13.5 Å². The van der Waals surface area contributed by atoms with Crippen LogP contribution in [0.2, 0.25) is 0 Å². The number of ether oxygens (including phenoxy) is 2. The van der Waals surface area contributed by atoms with Gasteiger partial charge in [0.25, 0.3) is 5.91 Å². The van der Waals surface area contributed by atoms with Crippen LogP contribution < -0.4 is 20.1 Å². The lowest BCUT2D eigenvalue weighted by molar-refractivity contribution is 0.0975.